The van der Waals surface area contributed by atoms with Crippen LogP contribution in [0.25, 0.3) is 0 Å². The topological polar surface area (TPSA) is 49.4 Å². The van der Waals surface area contributed by atoms with Gasteiger partial charge in [-0.3, -0.25) is 14.9 Å². The minimum atomic E-state index is -0.445. The first kappa shape index (κ1) is 11.0. The van der Waals surface area contributed by atoms with E-state index in [0.717, 1.165) is 17.4 Å². The molecular weight excluding hydrogens is 224 g/mol. The highest BCUT2D eigenvalue weighted by molar-refractivity contribution is 8.15. The van der Waals surface area contributed by atoms with E-state index < -0.39 is 5.37 Å². The molecular formula is C11H12N2O2S. The van der Waals surface area contributed by atoms with Crippen LogP contribution in [0.15, 0.2) is 30.3 Å². The van der Waals surface area contributed by atoms with E-state index in [2.05, 4.69) is 5.32 Å². The lowest BCUT2D eigenvalue weighted by Crippen LogP contribution is -2.39. The van der Waals surface area contributed by atoms with Crippen molar-refractivity contribution in [3.8, 4) is 0 Å². The van der Waals surface area contributed by atoms with E-state index in [1.54, 1.807) is 0 Å². The second-order valence-corrected chi connectivity index (χ2v) is 4.42. The summed E-state index contributed by atoms with van der Waals surface area (Å²) in [6, 6.07) is 9.61. The number of nitrogens with one attached hydrogen (secondary N) is 1. The summed E-state index contributed by atoms with van der Waals surface area (Å²) < 4.78 is 0. The molecule has 0 spiro atoms. The number of hydrogen-bond donors (Lipinski definition) is 1. The Morgan fingerprint density at radius 2 is 2.00 bits per heavy atom. The average Bonchev–Trinajstić information content (AvgIpc) is 2.61. The fraction of sp³-hybridized carbons (Fsp3) is 0.273. The largest absolute Gasteiger partial charge is 0.351 e. The van der Waals surface area contributed by atoms with Gasteiger partial charge >= 0.3 is 0 Å². The third-order valence-corrected chi connectivity index (χ3v) is 3.39. The van der Waals surface area contributed by atoms with Crippen LogP contribution in [0.2, 0.25) is 0 Å². The molecule has 1 N–H and O–H groups in total. The molecule has 16 heavy (non-hydrogen) atoms. The number of nitrogens with zero attached hydrogens (tertiary/aromatic N) is 1. The monoisotopic (exact) mass is 236 g/mol. The molecule has 0 saturated carbocycles. The quantitative estimate of drug-likeness (QED) is 0.869. The van der Waals surface area contributed by atoms with Crippen molar-refractivity contribution < 1.29 is 9.59 Å². The van der Waals surface area contributed by atoms with Gasteiger partial charge in [-0.25, -0.2) is 0 Å². The number of carbonyl (C=O) groups is 2. The van der Waals surface area contributed by atoms with Gasteiger partial charge in [0, 0.05) is 12.2 Å². The highest BCUT2D eigenvalue weighted by atomic mass is 32.2. The Morgan fingerprint density at radius 3 is 2.50 bits per heavy atom. The Bertz CT molecular complexity index is 408. The van der Waals surface area contributed by atoms with Gasteiger partial charge in [0.2, 0.25) is 0 Å². The zero-order chi connectivity index (χ0) is 11.5. The first-order chi connectivity index (χ1) is 7.72. The zero-order valence-electron chi connectivity index (χ0n) is 8.84. The third kappa shape index (κ3) is 2.04. The van der Waals surface area contributed by atoms with E-state index in [0.29, 0.717) is 6.54 Å². The molecule has 1 heterocycles. The third-order valence-electron chi connectivity index (χ3n) is 2.38. The number of likely N-dealkylation sites (N-methyl/N-ethyl adjacent to an activating group) is 1. The van der Waals surface area contributed by atoms with Crippen LogP contribution in [0.1, 0.15) is 6.92 Å². The normalized spacial score (nSPS) is 19.7. The standard InChI is InChI=1S/C11H12N2O2S/c1-2-13(8-6-4-3-5-7-8)10-9(14)12-11(15)16-10/h3-7,10H,2H2,1H3,(H,12,14,15)/t10-/m0/s1. The predicted molar refractivity (Wildman–Crippen MR) is 64.4 cm³/mol. The number of hydrogen-bond acceptors (Lipinski definition) is 4. The van der Waals surface area contributed by atoms with Gasteiger partial charge in [0.15, 0.2) is 5.37 Å². The maximum Gasteiger partial charge on any atom is 0.288 e. The molecule has 1 aromatic carbocycles. The van der Waals surface area contributed by atoms with Gasteiger partial charge in [-0.15, -0.1) is 0 Å². The minimum absolute atomic E-state index is 0.235. The molecule has 1 saturated heterocycles. The van der Waals surface area contributed by atoms with Gasteiger partial charge in [0.05, 0.1) is 0 Å². The van der Waals surface area contributed by atoms with E-state index in [-0.39, 0.29) is 11.1 Å². The molecule has 84 valence electrons. The zero-order valence-corrected chi connectivity index (χ0v) is 9.66. The Balaban J connectivity index is 2.24. The summed E-state index contributed by atoms with van der Waals surface area (Å²) in [5, 5.41) is 1.58. The highest BCUT2D eigenvalue weighted by Crippen LogP contribution is 2.27. The fourth-order valence-electron chi connectivity index (χ4n) is 1.66. The van der Waals surface area contributed by atoms with Crippen LogP contribution in [0.3, 0.4) is 0 Å². The van der Waals surface area contributed by atoms with Crippen molar-refractivity contribution in [3.63, 3.8) is 0 Å². The van der Waals surface area contributed by atoms with Crippen molar-refractivity contribution in [2.45, 2.75) is 12.3 Å². The molecule has 1 aliphatic rings. The number of carbonyl (C=O) groups excluding carboxylic acids is 2. The van der Waals surface area contributed by atoms with Crippen LogP contribution in [-0.2, 0) is 4.79 Å². The fourth-order valence-corrected chi connectivity index (χ4v) is 2.58. The van der Waals surface area contributed by atoms with E-state index in [1.165, 1.54) is 0 Å². The molecule has 2 rings (SSSR count). The smallest absolute Gasteiger partial charge is 0.288 e. The summed E-state index contributed by atoms with van der Waals surface area (Å²) in [6.45, 7) is 2.64. The lowest BCUT2D eigenvalue weighted by atomic mass is 10.3. The number of thioether (sulfide) groups is 1. The molecule has 0 bridgehead atoms. The number of benzene rings is 1. The molecule has 1 aromatic rings. The van der Waals surface area contributed by atoms with Crippen LogP contribution in [0.4, 0.5) is 10.5 Å². The Kier molecular flexibility index (Phi) is 3.14. The average molecular weight is 236 g/mol. The van der Waals surface area contributed by atoms with Crippen LogP contribution in [0.5, 0.6) is 0 Å². The van der Waals surface area contributed by atoms with Gasteiger partial charge < -0.3 is 4.90 Å². The van der Waals surface area contributed by atoms with E-state index in [4.69, 9.17) is 0 Å². The van der Waals surface area contributed by atoms with Crippen molar-refractivity contribution in [3.05, 3.63) is 30.3 Å². The van der Waals surface area contributed by atoms with Crippen LogP contribution in [-0.4, -0.2) is 23.1 Å². The second kappa shape index (κ2) is 4.57. The number of amides is 2. The lowest BCUT2D eigenvalue weighted by molar-refractivity contribution is -0.118. The van der Waals surface area contributed by atoms with Gasteiger partial charge in [0.1, 0.15) is 0 Å². The molecule has 0 radical (unpaired) electrons. The van der Waals surface area contributed by atoms with Gasteiger partial charge in [-0.05, 0) is 30.8 Å². The highest BCUT2D eigenvalue weighted by Gasteiger charge is 2.35. The Morgan fingerprint density at radius 1 is 1.31 bits per heavy atom. The van der Waals surface area contributed by atoms with E-state index in [9.17, 15) is 9.59 Å². The van der Waals surface area contributed by atoms with Crippen molar-refractivity contribution in [1.29, 1.82) is 0 Å². The summed E-state index contributed by atoms with van der Waals surface area (Å²) >= 11 is 1.03. The second-order valence-electron chi connectivity index (χ2n) is 3.37. The number of rotatable bonds is 3. The summed E-state index contributed by atoms with van der Waals surface area (Å²) in [5.41, 5.74) is 0.951. The van der Waals surface area contributed by atoms with Crippen LogP contribution >= 0.6 is 11.8 Å². The first-order valence-electron chi connectivity index (χ1n) is 5.05. The minimum Gasteiger partial charge on any atom is -0.351 e. The number of anilines is 1. The molecule has 2 amide bonds. The maximum atomic E-state index is 11.6. The predicted octanol–water partition coefficient (Wildman–Crippen LogP) is 1.82. The SMILES string of the molecule is CCN(c1ccccc1)[C@H]1SC(=O)NC1=O. The van der Waals surface area contributed by atoms with E-state index >= 15 is 0 Å². The summed E-state index contributed by atoms with van der Waals surface area (Å²) in [4.78, 5) is 24.6. The Labute approximate surface area is 98.0 Å². The molecule has 0 aliphatic carbocycles. The Hall–Kier alpha value is -1.49. The van der Waals surface area contributed by atoms with Crippen LogP contribution < -0.4 is 10.2 Å². The van der Waals surface area contributed by atoms with Gasteiger partial charge in [-0.2, -0.15) is 0 Å². The molecule has 1 fully saturated rings. The number of imide groups is 1. The van der Waals surface area contributed by atoms with Gasteiger partial charge in [0.25, 0.3) is 11.1 Å². The van der Waals surface area contributed by atoms with Crippen molar-refractivity contribution in [1.82, 2.24) is 5.32 Å². The first-order valence-corrected chi connectivity index (χ1v) is 5.93. The van der Waals surface area contributed by atoms with Gasteiger partial charge in [-0.1, -0.05) is 18.2 Å². The summed E-state index contributed by atoms with van der Waals surface area (Å²) in [7, 11) is 0. The lowest BCUT2D eigenvalue weighted by Gasteiger charge is -2.26. The van der Waals surface area contributed by atoms with Crippen molar-refractivity contribution >= 4 is 28.6 Å². The number of para-hydroxylation sites is 1. The molecule has 0 unspecified atom stereocenters. The van der Waals surface area contributed by atoms with E-state index in [1.807, 2.05) is 42.2 Å². The van der Waals surface area contributed by atoms with Crippen molar-refractivity contribution in [2.75, 3.05) is 11.4 Å². The summed E-state index contributed by atoms with van der Waals surface area (Å²) in [6.07, 6.45) is 0. The molecule has 1 aliphatic heterocycles. The summed E-state index contributed by atoms with van der Waals surface area (Å²) in [5.74, 6) is -0.235. The molecule has 1 atom stereocenters. The molecule has 5 heteroatoms. The maximum absolute atomic E-state index is 11.6. The molecule has 0 aromatic heterocycles. The van der Waals surface area contributed by atoms with Crippen molar-refractivity contribution in [2.24, 2.45) is 0 Å². The molecule has 4 nitrogen and oxygen atoms in total. The van der Waals surface area contributed by atoms with Crippen LogP contribution in [0, 0.1) is 0 Å².